The number of hydrogen-bond acceptors (Lipinski definition) is 4. The first-order valence-electron chi connectivity index (χ1n) is 10.3. The van der Waals surface area contributed by atoms with Crippen molar-refractivity contribution in [1.82, 2.24) is 24.3 Å². The summed E-state index contributed by atoms with van der Waals surface area (Å²) in [4.78, 5) is 23.5. The van der Waals surface area contributed by atoms with Crippen molar-refractivity contribution in [3.8, 4) is 0 Å². The van der Waals surface area contributed by atoms with Crippen LogP contribution in [-0.4, -0.2) is 76.0 Å². The first-order valence-corrected chi connectivity index (χ1v) is 10.3. The zero-order valence-electron chi connectivity index (χ0n) is 17.0. The second-order valence-electron chi connectivity index (χ2n) is 8.42. The second kappa shape index (κ2) is 8.05. The molecule has 28 heavy (non-hydrogen) atoms. The van der Waals surface area contributed by atoms with Crippen molar-refractivity contribution in [3.05, 3.63) is 54.1 Å². The number of amides is 1. The number of piperazine rings is 1. The lowest BCUT2D eigenvalue weighted by Crippen LogP contribution is -2.60. The van der Waals surface area contributed by atoms with Gasteiger partial charge in [-0.3, -0.25) is 14.6 Å². The molecule has 6 heteroatoms. The maximum Gasteiger partial charge on any atom is 0.222 e. The van der Waals surface area contributed by atoms with Gasteiger partial charge in [0.1, 0.15) is 0 Å². The van der Waals surface area contributed by atoms with Crippen LogP contribution in [0, 0.1) is 0 Å². The van der Waals surface area contributed by atoms with E-state index in [-0.39, 0.29) is 11.4 Å². The molecule has 4 rings (SSSR count). The van der Waals surface area contributed by atoms with Gasteiger partial charge in [0.05, 0.1) is 12.0 Å². The molecule has 2 aromatic rings. The Morgan fingerprint density at radius 1 is 1.04 bits per heavy atom. The normalized spacial score (nSPS) is 24.6. The Morgan fingerprint density at radius 2 is 1.86 bits per heavy atom. The maximum atomic E-state index is 12.2. The fourth-order valence-electron chi connectivity index (χ4n) is 4.61. The van der Waals surface area contributed by atoms with E-state index in [9.17, 15) is 4.79 Å². The van der Waals surface area contributed by atoms with E-state index in [4.69, 9.17) is 0 Å². The number of imidazole rings is 1. The Balaban J connectivity index is 1.46. The number of carbonyl (C=O) groups excluding carboxylic acids is 1. The summed E-state index contributed by atoms with van der Waals surface area (Å²) in [6.45, 7) is 5.73. The predicted octanol–water partition coefficient (Wildman–Crippen LogP) is 2.06. The van der Waals surface area contributed by atoms with Crippen LogP contribution in [0.4, 0.5) is 0 Å². The third kappa shape index (κ3) is 3.98. The molecule has 2 saturated heterocycles. The summed E-state index contributed by atoms with van der Waals surface area (Å²) in [6.07, 6.45) is 6.59. The Hall–Kier alpha value is -2.18. The fraction of sp³-hybridized carbons (Fsp3) is 0.545. The second-order valence-corrected chi connectivity index (χ2v) is 8.42. The SMILES string of the molecule is CN1CC[C@@]2(CCC1=O)CN(Cc1cncn1Cc1ccccc1)CCN2C. The molecular weight excluding hydrogens is 350 g/mol. The summed E-state index contributed by atoms with van der Waals surface area (Å²) >= 11 is 0. The van der Waals surface area contributed by atoms with Gasteiger partial charge in [-0.1, -0.05) is 30.3 Å². The molecule has 1 aromatic carbocycles. The van der Waals surface area contributed by atoms with Crippen molar-refractivity contribution in [3.63, 3.8) is 0 Å². The van der Waals surface area contributed by atoms with Gasteiger partial charge < -0.3 is 9.47 Å². The van der Waals surface area contributed by atoms with Gasteiger partial charge >= 0.3 is 0 Å². The lowest BCUT2D eigenvalue weighted by Gasteiger charge is -2.49. The molecular formula is C22H31N5O. The number of likely N-dealkylation sites (N-methyl/N-ethyl adjacent to an activating group) is 1. The van der Waals surface area contributed by atoms with Crippen LogP contribution in [0.15, 0.2) is 42.9 Å². The van der Waals surface area contributed by atoms with Crippen molar-refractivity contribution < 1.29 is 4.79 Å². The number of likely N-dealkylation sites (tertiary alicyclic amines) is 1. The highest BCUT2D eigenvalue weighted by Crippen LogP contribution is 2.32. The predicted molar refractivity (Wildman–Crippen MR) is 110 cm³/mol. The topological polar surface area (TPSA) is 44.6 Å². The largest absolute Gasteiger partial charge is 0.346 e. The molecule has 0 saturated carbocycles. The van der Waals surface area contributed by atoms with E-state index in [2.05, 4.69) is 56.7 Å². The minimum atomic E-state index is 0.100. The van der Waals surface area contributed by atoms with Crippen molar-refractivity contribution in [2.45, 2.75) is 37.9 Å². The molecule has 1 amide bonds. The van der Waals surface area contributed by atoms with Crippen molar-refractivity contribution in [1.29, 1.82) is 0 Å². The molecule has 1 spiro atoms. The molecule has 2 fully saturated rings. The standard InChI is InChI=1S/C22H31N5O/c1-24-11-10-22(9-8-21(24)28)17-26(13-12-25(22)2)16-20-14-23-18-27(20)15-19-6-4-3-5-7-19/h3-7,14,18H,8-13,15-17H2,1-2H3/t22-/m0/s1. The quantitative estimate of drug-likeness (QED) is 0.813. The van der Waals surface area contributed by atoms with Crippen LogP contribution in [0.5, 0.6) is 0 Å². The van der Waals surface area contributed by atoms with Gasteiger partial charge in [0.25, 0.3) is 0 Å². The molecule has 0 bridgehead atoms. The Morgan fingerprint density at radius 3 is 2.68 bits per heavy atom. The van der Waals surface area contributed by atoms with E-state index in [1.54, 1.807) is 0 Å². The average molecular weight is 382 g/mol. The molecule has 0 N–H and O–H groups in total. The van der Waals surface area contributed by atoms with Gasteiger partial charge in [-0.2, -0.15) is 0 Å². The highest BCUT2D eigenvalue weighted by molar-refractivity contribution is 5.76. The smallest absolute Gasteiger partial charge is 0.222 e. The lowest BCUT2D eigenvalue weighted by atomic mass is 9.86. The third-order valence-corrected chi connectivity index (χ3v) is 6.60. The summed E-state index contributed by atoms with van der Waals surface area (Å²) in [5, 5.41) is 0. The van der Waals surface area contributed by atoms with E-state index in [1.165, 1.54) is 11.3 Å². The monoisotopic (exact) mass is 381 g/mol. The molecule has 0 unspecified atom stereocenters. The van der Waals surface area contributed by atoms with Crippen molar-refractivity contribution in [2.24, 2.45) is 0 Å². The number of nitrogens with zero attached hydrogens (tertiary/aromatic N) is 5. The zero-order valence-corrected chi connectivity index (χ0v) is 17.0. The van der Waals surface area contributed by atoms with Crippen molar-refractivity contribution in [2.75, 3.05) is 40.3 Å². The van der Waals surface area contributed by atoms with Gasteiger partial charge in [-0.25, -0.2) is 4.98 Å². The number of aromatic nitrogens is 2. The van der Waals surface area contributed by atoms with Gasteiger partial charge in [0.15, 0.2) is 0 Å². The number of rotatable bonds is 4. The van der Waals surface area contributed by atoms with E-state index in [0.29, 0.717) is 6.42 Å². The lowest BCUT2D eigenvalue weighted by molar-refractivity contribution is -0.129. The number of hydrogen-bond donors (Lipinski definition) is 0. The van der Waals surface area contributed by atoms with Crippen LogP contribution in [0.25, 0.3) is 0 Å². The highest BCUT2D eigenvalue weighted by atomic mass is 16.2. The van der Waals surface area contributed by atoms with Crippen molar-refractivity contribution >= 4 is 5.91 Å². The average Bonchev–Trinajstić information content (AvgIpc) is 3.08. The van der Waals surface area contributed by atoms with Crippen LogP contribution >= 0.6 is 0 Å². The molecule has 1 atom stereocenters. The molecule has 1 aromatic heterocycles. The molecule has 2 aliphatic heterocycles. The van der Waals surface area contributed by atoms with Gasteiger partial charge in [-0.05, 0) is 25.5 Å². The fourth-order valence-corrected chi connectivity index (χ4v) is 4.61. The minimum absolute atomic E-state index is 0.100. The van der Waals surface area contributed by atoms with Gasteiger partial charge in [0, 0.05) is 64.5 Å². The van der Waals surface area contributed by atoms with E-state index >= 15 is 0 Å². The summed E-state index contributed by atoms with van der Waals surface area (Å²) in [7, 11) is 4.16. The van der Waals surface area contributed by atoms with E-state index < -0.39 is 0 Å². The molecule has 2 aliphatic rings. The van der Waals surface area contributed by atoms with Crippen LogP contribution in [0.2, 0.25) is 0 Å². The minimum Gasteiger partial charge on any atom is -0.346 e. The molecule has 150 valence electrons. The molecule has 0 radical (unpaired) electrons. The van der Waals surface area contributed by atoms with Crippen LogP contribution in [0.1, 0.15) is 30.5 Å². The maximum absolute atomic E-state index is 12.2. The summed E-state index contributed by atoms with van der Waals surface area (Å²) < 4.78 is 2.25. The first-order chi connectivity index (χ1) is 13.6. The number of carbonyl (C=O) groups is 1. The van der Waals surface area contributed by atoms with E-state index in [1.807, 2.05) is 24.5 Å². The first kappa shape index (κ1) is 19.2. The third-order valence-electron chi connectivity index (χ3n) is 6.60. The van der Waals surface area contributed by atoms with E-state index in [0.717, 1.165) is 52.1 Å². The van der Waals surface area contributed by atoms with Crippen LogP contribution < -0.4 is 0 Å². The van der Waals surface area contributed by atoms with Gasteiger partial charge in [0.2, 0.25) is 5.91 Å². The summed E-state index contributed by atoms with van der Waals surface area (Å²) in [5.74, 6) is 0.281. The Kier molecular flexibility index (Phi) is 5.51. The van der Waals surface area contributed by atoms with Crippen LogP contribution in [0.3, 0.4) is 0 Å². The molecule has 0 aliphatic carbocycles. The summed E-state index contributed by atoms with van der Waals surface area (Å²) in [6, 6.07) is 10.5. The highest BCUT2D eigenvalue weighted by Gasteiger charge is 2.41. The molecule has 6 nitrogen and oxygen atoms in total. The zero-order chi connectivity index (χ0) is 19.6. The molecule has 3 heterocycles. The number of benzene rings is 1. The summed E-state index contributed by atoms with van der Waals surface area (Å²) in [5.41, 5.74) is 2.65. The van der Waals surface area contributed by atoms with Crippen LogP contribution in [-0.2, 0) is 17.9 Å². The Bertz CT molecular complexity index is 804. The van der Waals surface area contributed by atoms with Gasteiger partial charge in [-0.15, -0.1) is 0 Å². The Labute approximate surface area is 167 Å².